The SMILES string of the molecule is CCCCCCCCCCCCCCCC(=O)N[C@@H](Cc1ccc(OP(=O)(O)O)cc1)C(=O)O.N.N. The Kier molecular flexibility index (Phi) is 21.3. The fourth-order valence-corrected chi connectivity index (χ4v) is 4.23. The number of hydrogen-bond acceptors (Lipinski definition) is 6. The molecule has 36 heavy (non-hydrogen) atoms. The zero-order chi connectivity index (χ0) is 25.2. The standard InChI is InChI=1S/C25H42NO7P.2H3N/c1-2-3-4-5-6-7-8-9-10-11-12-13-14-15-24(27)26-23(25(28)29)20-21-16-18-22(19-17-21)33-34(30,31)32;;/h16-19,23H,2-15,20H2,1H3,(H,26,27)(H,28,29)(H2,30,31,32);2*1H3/t23-;;/m0../s1. The molecule has 0 saturated carbocycles. The van der Waals surface area contributed by atoms with Crippen LogP contribution in [0.5, 0.6) is 5.75 Å². The Morgan fingerprint density at radius 1 is 0.833 bits per heavy atom. The predicted octanol–water partition coefficient (Wildman–Crippen LogP) is 6.08. The molecule has 1 aromatic rings. The maximum atomic E-state index is 12.2. The number of carbonyl (C=O) groups excluding carboxylic acids is 1. The number of aliphatic carboxylic acids is 1. The van der Waals surface area contributed by atoms with Gasteiger partial charge in [0.05, 0.1) is 0 Å². The summed E-state index contributed by atoms with van der Waals surface area (Å²) >= 11 is 0. The molecule has 0 spiro atoms. The van der Waals surface area contributed by atoms with Gasteiger partial charge in [0.25, 0.3) is 0 Å². The molecule has 0 radical (unpaired) electrons. The molecule has 210 valence electrons. The molecule has 0 aliphatic carbocycles. The van der Waals surface area contributed by atoms with Crippen molar-refractivity contribution in [2.45, 2.75) is 109 Å². The molecule has 0 saturated heterocycles. The highest BCUT2D eigenvalue weighted by molar-refractivity contribution is 7.46. The van der Waals surface area contributed by atoms with Crippen molar-refractivity contribution in [3.05, 3.63) is 29.8 Å². The van der Waals surface area contributed by atoms with E-state index in [9.17, 15) is 19.3 Å². The minimum Gasteiger partial charge on any atom is -0.480 e. The molecule has 10 N–H and O–H groups in total. The van der Waals surface area contributed by atoms with Gasteiger partial charge in [-0.15, -0.1) is 0 Å². The first-order chi connectivity index (χ1) is 16.2. The second-order valence-corrected chi connectivity index (χ2v) is 10.0. The number of carboxylic acid groups (broad SMARTS) is 1. The summed E-state index contributed by atoms with van der Waals surface area (Å²) in [6, 6.07) is 4.66. The van der Waals surface area contributed by atoms with E-state index in [1.807, 2.05) is 0 Å². The van der Waals surface area contributed by atoms with Crippen LogP contribution >= 0.6 is 7.82 Å². The Morgan fingerprint density at radius 3 is 1.69 bits per heavy atom. The van der Waals surface area contributed by atoms with Crippen LogP contribution in [0.3, 0.4) is 0 Å². The maximum absolute atomic E-state index is 12.2. The Balaban J connectivity index is 0. The van der Waals surface area contributed by atoms with Crippen molar-refractivity contribution in [3.63, 3.8) is 0 Å². The summed E-state index contributed by atoms with van der Waals surface area (Å²) in [6.45, 7) is 2.24. The van der Waals surface area contributed by atoms with Gasteiger partial charge in [-0.1, -0.05) is 96.1 Å². The third kappa shape index (κ3) is 19.2. The molecule has 1 atom stereocenters. The summed E-state index contributed by atoms with van der Waals surface area (Å²) in [4.78, 5) is 41.3. The van der Waals surface area contributed by atoms with Crippen molar-refractivity contribution in [2.24, 2.45) is 0 Å². The fraction of sp³-hybridized carbons (Fsp3) is 0.680. The number of carbonyl (C=O) groups is 2. The lowest BCUT2D eigenvalue weighted by Crippen LogP contribution is -2.42. The summed E-state index contributed by atoms with van der Waals surface area (Å²) in [6.07, 6.45) is 16.2. The van der Waals surface area contributed by atoms with E-state index in [0.29, 0.717) is 12.0 Å². The number of benzene rings is 1. The van der Waals surface area contributed by atoms with Crippen LogP contribution in [-0.4, -0.2) is 32.8 Å². The number of amides is 1. The van der Waals surface area contributed by atoms with Crippen LogP contribution < -0.4 is 22.1 Å². The van der Waals surface area contributed by atoms with E-state index in [-0.39, 0.29) is 30.4 Å². The number of phosphoric acid groups is 1. The highest BCUT2D eigenvalue weighted by Crippen LogP contribution is 2.37. The van der Waals surface area contributed by atoms with Crippen LogP contribution in [0.15, 0.2) is 24.3 Å². The number of carboxylic acids is 1. The lowest BCUT2D eigenvalue weighted by atomic mass is 10.0. The highest BCUT2D eigenvalue weighted by atomic mass is 31.2. The monoisotopic (exact) mass is 533 g/mol. The van der Waals surface area contributed by atoms with Gasteiger partial charge in [0.1, 0.15) is 11.8 Å². The Hall–Kier alpha value is -1.97. The fourth-order valence-electron chi connectivity index (χ4n) is 3.83. The van der Waals surface area contributed by atoms with Crippen LogP contribution in [0.1, 0.15) is 102 Å². The van der Waals surface area contributed by atoms with E-state index in [0.717, 1.165) is 19.3 Å². The molecule has 1 amide bonds. The second kappa shape index (κ2) is 21.1. The first kappa shape index (κ1) is 36.2. The number of unbranched alkanes of at least 4 members (excludes halogenated alkanes) is 12. The van der Waals surface area contributed by atoms with Gasteiger partial charge >= 0.3 is 13.8 Å². The van der Waals surface area contributed by atoms with Gasteiger partial charge in [-0.25, -0.2) is 9.36 Å². The van der Waals surface area contributed by atoms with Crippen LogP contribution in [0.4, 0.5) is 0 Å². The first-order valence-corrected chi connectivity index (χ1v) is 14.1. The van der Waals surface area contributed by atoms with Gasteiger partial charge in [0, 0.05) is 12.8 Å². The molecule has 0 aromatic heterocycles. The number of nitrogens with one attached hydrogen (secondary N) is 1. The zero-order valence-electron chi connectivity index (χ0n) is 21.8. The van der Waals surface area contributed by atoms with Crippen molar-refractivity contribution in [3.8, 4) is 5.75 Å². The van der Waals surface area contributed by atoms with E-state index in [1.54, 1.807) is 0 Å². The third-order valence-electron chi connectivity index (χ3n) is 5.73. The minimum atomic E-state index is -4.65. The molecule has 0 heterocycles. The van der Waals surface area contributed by atoms with E-state index in [4.69, 9.17) is 9.79 Å². The predicted molar refractivity (Wildman–Crippen MR) is 143 cm³/mol. The van der Waals surface area contributed by atoms with Gasteiger partial charge in [-0.2, -0.15) is 0 Å². The zero-order valence-corrected chi connectivity index (χ0v) is 22.7. The average Bonchev–Trinajstić information content (AvgIpc) is 2.76. The number of phosphoric ester groups is 1. The molecule has 0 aliphatic rings. The average molecular weight is 534 g/mol. The minimum absolute atomic E-state index is 0. The van der Waals surface area contributed by atoms with Crippen molar-refractivity contribution in [1.29, 1.82) is 0 Å². The smallest absolute Gasteiger partial charge is 0.480 e. The van der Waals surface area contributed by atoms with Crippen LogP contribution in [-0.2, 0) is 20.6 Å². The van der Waals surface area contributed by atoms with E-state index in [1.165, 1.54) is 88.5 Å². The van der Waals surface area contributed by atoms with E-state index >= 15 is 0 Å². The van der Waals surface area contributed by atoms with Crippen LogP contribution in [0.2, 0.25) is 0 Å². The molecule has 11 heteroatoms. The number of rotatable bonds is 20. The normalized spacial score (nSPS) is 11.6. The van der Waals surface area contributed by atoms with Crippen molar-refractivity contribution in [1.82, 2.24) is 17.6 Å². The molecule has 1 aromatic carbocycles. The van der Waals surface area contributed by atoms with Gasteiger partial charge in [0.15, 0.2) is 0 Å². The van der Waals surface area contributed by atoms with Gasteiger partial charge < -0.3 is 27.2 Å². The molecule has 1 rings (SSSR count). The summed E-state index contributed by atoms with van der Waals surface area (Å²) in [5, 5.41) is 12.0. The molecular weight excluding hydrogens is 485 g/mol. The van der Waals surface area contributed by atoms with Crippen LogP contribution in [0.25, 0.3) is 0 Å². The highest BCUT2D eigenvalue weighted by Gasteiger charge is 2.21. The molecule has 0 bridgehead atoms. The Morgan fingerprint density at radius 2 is 1.28 bits per heavy atom. The second-order valence-electron chi connectivity index (χ2n) is 8.88. The van der Waals surface area contributed by atoms with Gasteiger partial charge in [0.2, 0.25) is 5.91 Å². The largest absolute Gasteiger partial charge is 0.524 e. The quantitative estimate of drug-likeness (QED) is 0.0848. The topological polar surface area (TPSA) is 203 Å². The van der Waals surface area contributed by atoms with Crippen molar-refractivity contribution >= 4 is 19.7 Å². The van der Waals surface area contributed by atoms with Gasteiger partial charge in [-0.3, -0.25) is 14.6 Å². The lowest BCUT2D eigenvalue weighted by molar-refractivity contribution is -0.141. The molecular formula is C25H48N3O7P. The third-order valence-corrected chi connectivity index (χ3v) is 6.18. The van der Waals surface area contributed by atoms with Crippen LogP contribution in [0, 0.1) is 0 Å². The molecule has 0 unspecified atom stereocenters. The maximum Gasteiger partial charge on any atom is 0.524 e. The van der Waals surface area contributed by atoms with Crippen molar-refractivity contribution in [2.75, 3.05) is 0 Å². The first-order valence-electron chi connectivity index (χ1n) is 12.6. The Bertz CT molecular complexity index is 757. The lowest BCUT2D eigenvalue weighted by Gasteiger charge is -2.15. The summed E-state index contributed by atoms with van der Waals surface area (Å²) in [5.74, 6) is -1.43. The van der Waals surface area contributed by atoms with Crippen molar-refractivity contribution < 1.29 is 33.6 Å². The molecule has 10 nitrogen and oxygen atoms in total. The number of hydrogen-bond donors (Lipinski definition) is 6. The Labute approximate surface area is 216 Å². The summed E-state index contributed by atoms with van der Waals surface area (Å²) in [5.41, 5.74) is 0.603. The van der Waals surface area contributed by atoms with E-state index < -0.39 is 19.8 Å². The summed E-state index contributed by atoms with van der Waals surface area (Å²) in [7, 11) is -4.65. The molecule has 0 aliphatic heterocycles. The summed E-state index contributed by atoms with van der Waals surface area (Å²) < 4.78 is 15.3. The van der Waals surface area contributed by atoms with Gasteiger partial charge in [-0.05, 0) is 24.1 Å². The van der Waals surface area contributed by atoms with E-state index in [2.05, 4.69) is 16.8 Å². The molecule has 0 fully saturated rings.